The van der Waals surface area contributed by atoms with Crippen LogP contribution in [0.5, 0.6) is 0 Å². The summed E-state index contributed by atoms with van der Waals surface area (Å²) >= 11 is 12.5. The predicted molar refractivity (Wildman–Crippen MR) is 105 cm³/mol. The number of aromatic nitrogens is 1. The van der Waals surface area contributed by atoms with Crippen LogP contribution >= 0.6 is 23.2 Å². The summed E-state index contributed by atoms with van der Waals surface area (Å²) < 4.78 is 27.3. The van der Waals surface area contributed by atoms with Gasteiger partial charge in [-0.3, -0.25) is 9.17 Å². The summed E-state index contributed by atoms with van der Waals surface area (Å²) in [6.45, 7) is 5.40. The van der Waals surface area contributed by atoms with Gasteiger partial charge in [-0.05, 0) is 37.6 Å². The van der Waals surface area contributed by atoms with Crippen LogP contribution in [0, 0.1) is 13.8 Å². The van der Waals surface area contributed by atoms with Crippen LogP contribution in [-0.4, -0.2) is 32.7 Å². The Hall–Kier alpha value is -1.34. The van der Waals surface area contributed by atoms with Gasteiger partial charge in [-0.2, -0.15) is 8.42 Å². The topological polar surface area (TPSA) is 59.5 Å². The molecule has 0 saturated carbocycles. The number of hydrogen-bond acceptors (Lipinski definition) is 5. The van der Waals surface area contributed by atoms with E-state index in [9.17, 15) is 8.42 Å². The van der Waals surface area contributed by atoms with Crippen molar-refractivity contribution in [2.75, 3.05) is 24.2 Å². The minimum atomic E-state index is -3.48. The highest BCUT2D eigenvalue weighted by Crippen LogP contribution is 2.40. The molecule has 1 aromatic carbocycles. The summed E-state index contributed by atoms with van der Waals surface area (Å²) in [5.74, 6) is 0.282. The fourth-order valence-electron chi connectivity index (χ4n) is 3.12. The third kappa shape index (κ3) is 4.14. The van der Waals surface area contributed by atoms with E-state index in [1.54, 1.807) is 0 Å². The van der Waals surface area contributed by atoms with Crippen LogP contribution < -0.4 is 4.90 Å². The van der Waals surface area contributed by atoms with Crippen LogP contribution in [-0.2, 0) is 20.9 Å². The van der Waals surface area contributed by atoms with Crippen LogP contribution in [0.15, 0.2) is 24.3 Å². The molecule has 1 aliphatic rings. The Kier molecular flexibility index (Phi) is 5.49. The van der Waals surface area contributed by atoms with E-state index in [-0.39, 0.29) is 12.5 Å². The van der Waals surface area contributed by atoms with E-state index in [0.717, 1.165) is 47.5 Å². The third-order valence-corrected chi connectivity index (χ3v) is 5.70. The molecule has 1 aromatic heterocycles. The van der Waals surface area contributed by atoms with Crippen molar-refractivity contribution in [2.45, 2.75) is 26.4 Å². The maximum atomic E-state index is 11.2. The average molecular weight is 415 g/mol. The first-order valence-electron chi connectivity index (χ1n) is 8.16. The predicted octanol–water partition coefficient (Wildman–Crippen LogP) is 4.09. The first kappa shape index (κ1) is 19.4. The van der Waals surface area contributed by atoms with Gasteiger partial charge in [0.05, 0.1) is 28.6 Å². The molecule has 0 N–H and O–H groups in total. The van der Waals surface area contributed by atoms with Gasteiger partial charge in [0.25, 0.3) is 10.1 Å². The number of benzene rings is 1. The monoisotopic (exact) mass is 414 g/mol. The lowest BCUT2D eigenvalue weighted by Gasteiger charge is -2.41. The second-order valence-corrected chi connectivity index (χ2v) is 9.02. The summed E-state index contributed by atoms with van der Waals surface area (Å²) in [4.78, 5) is 6.80. The summed E-state index contributed by atoms with van der Waals surface area (Å²) in [7, 11) is -3.48. The zero-order valence-electron chi connectivity index (χ0n) is 14.8. The van der Waals surface area contributed by atoms with Crippen molar-refractivity contribution in [1.82, 2.24) is 4.98 Å². The molecule has 8 heteroatoms. The Balaban J connectivity index is 1.74. The average Bonchev–Trinajstić information content (AvgIpc) is 2.46. The standard InChI is InChI=1S/C18H20Cl2N2O3S/c1-11-7-17(21-12(2)14(11)10-25-26(3,23)24)13-8-22(9-13)18-15(19)5-4-6-16(18)20/h4-7,13H,8-10H2,1-3H3. The van der Waals surface area contributed by atoms with E-state index in [1.165, 1.54) is 0 Å². The molecule has 0 atom stereocenters. The summed E-state index contributed by atoms with van der Waals surface area (Å²) in [6, 6.07) is 7.50. The lowest BCUT2D eigenvalue weighted by atomic mass is 9.92. The fourth-order valence-corrected chi connectivity index (χ4v) is 4.09. The van der Waals surface area contributed by atoms with Gasteiger partial charge in [-0.25, -0.2) is 0 Å². The maximum absolute atomic E-state index is 11.2. The zero-order chi connectivity index (χ0) is 19.1. The van der Waals surface area contributed by atoms with Gasteiger partial charge >= 0.3 is 0 Å². The second-order valence-electron chi connectivity index (χ2n) is 6.57. The van der Waals surface area contributed by atoms with E-state index >= 15 is 0 Å². The molecule has 5 nitrogen and oxygen atoms in total. The van der Waals surface area contributed by atoms with Gasteiger partial charge < -0.3 is 4.90 Å². The summed E-state index contributed by atoms with van der Waals surface area (Å²) in [5, 5.41) is 1.29. The molecule has 1 aliphatic heterocycles. The van der Waals surface area contributed by atoms with E-state index in [1.807, 2.05) is 38.1 Å². The minimum Gasteiger partial charge on any atom is -0.368 e. The molecular formula is C18H20Cl2N2O3S. The van der Waals surface area contributed by atoms with E-state index in [4.69, 9.17) is 27.4 Å². The number of nitrogens with zero attached hydrogens (tertiary/aromatic N) is 2. The third-order valence-electron chi connectivity index (χ3n) is 4.54. The van der Waals surface area contributed by atoms with Crippen molar-refractivity contribution >= 4 is 39.0 Å². The Morgan fingerprint density at radius 1 is 1.23 bits per heavy atom. The SMILES string of the molecule is Cc1cc(C2CN(c3c(Cl)cccc3Cl)C2)nc(C)c1COS(C)(=O)=O. The number of aryl methyl sites for hydroxylation is 2. The van der Waals surface area contributed by atoms with Gasteiger partial charge in [0, 0.05) is 36.0 Å². The molecule has 1 fully saturated rings. The number of hydrogen-bond donors (Lipinski definition) is 0. The van der Waals surface area contributed by atoms with Crippen molar-refractivity contribution in [3.05, 3.63) is 56.8 Å². The quantitative estimate of drug-likeness (QED) is 0.689. The summed E-state index contributed by atoms with van der Waals surface area (Å²) in [6.07, 6.45) is 1.04. The first-order chi connectivity index (χ1) is 12.2. The van der Waals surface area contributed by atoms with Gasteiger partial charge in [0.2, 0.25) is 0 Å². The van der Waals surface area contributed by atoms with Gasteiger partial charge in [0.1, 0.15) is 0 Å². The van der Waals surface area contributed by atoms with Crippen molar-refractivity contribution in [2.24, 2.45) is 0 Å². The lowest BCUT2D eigenvalue weighted by Crippen LogP contribution is -2.45. The molecular weight excluding hydrogens is 395 g/mol. The Morgan fingerprint density at radius 3 is 2.38 bits per heavy atom. The van der Waals surface area contributed by atoms with Crippen molar-refractivity contribution in [1.29, 1.82) is 0 Å². The Bertz CT molecular complexity index is 898. The number of rotatable bonds is 5. The van der Waals surface area contributed by atoms with Crippen molar-refractivity contribution < 1.29 is 12.6 Å². The molecule has 1 saturated heterocycles. The normalized spacial score (nSPS) is 15.2. The Morgan fingerprint density at radius 2 is 1.85 bits per heavy atom. The molecule has 26 heavy (non-hydrogen) atoms. The molecule has 0 radical (unpaired) electrons. The van der Waals surface area contributed by atoms with Crippen LogP contribution in [0.2, 0.25) is 10.0 Å². The van der Waals surface area contributed by atoms with Gasteiger partial charge in [-0.1, -0.05) is 29.3 Å². The fraction of sp³-hybridized carbons (Fsp3) is 0.389. The number of anilines is 1. The molecule has 0 bridgehead atoms. The minimum absolute atomic E-state index is 0.00973. The van der Waals surface area contributed by atoms with Crippen LogP contribution in [0.3, 0.4) is 0 Å². The van der Waals surface area contributed by atoms with Gasteiger partial charge in [-0.15, -0.1) is 0 Å². The summed E-state index contributed by atoms with van der Waals surface area (Å²) in [5.41, 5.74) is 4.42. The van der Waals surface area contributed by atoms with Crippen LogP contribution in [0.4, 0.5) is 5.69 Å². The lowest BCUT2D eigenvalue weighted by molar-refractivity contribution is 0.309. The van der Waals surface area contributed by atoms with Crippen molar-refractivity contribution in [3.63, 3.8) is 0 Å². The number of pyridine rings is 1. The van der Waals surface area contributed by atoms with E-state index < -0.39 is 10.1 Å². The van der Waals surface area contributed by atoms with E-state index in [0.29, 0.717) is 10.0 Å². The molecule has 2 aromatic rings. The van der Waals surface area contributed by atoms with Crippen molar-refractivity contribution in [3.8, 4) is 0 Å². The molecule has 0 amide bonds. The number of para-hydroxylation sites is 1. The first-order valence-corrected chi connectivity index (χ1v) is 10.7. The molecule has 3 rings (SSSR count). The highest BCUT2D eigenvalue weighted by molar-refractivity contribution is 7.85. The van der Waals surface area contributed by atoms with Crippen LogP contribution in [0.1, 0.15) is 28.4 Å². The highest BCUT2D eigenvalue weighted by Gasteiger charge is 2.32. The molecule has 0 spiro atoms. The Labute approximate surface area is 164 Å². The zero-order valence-corrected chi connectivity index (χ0v) is 17.1. The largest absolute Gasteiger partial charge is 0.368 e. The van der Waals surface area contributed by atoms with E-state index in [2.05, 4.69) is 9.88 Å². The molecule has 0 aliphatic carbocycles. The van der Waals surface area contributed by atoms with Gasteiger partial charge in [0.15, 0.2) is 0 Å². The second kappa shape index (κ2) is 7.35. The maximum Gasteiger partial charge on any atom is 0.264 e. The van der Waals surface area contributed by atoms with Crippen LogP contribution in [0.25, 0.3) is 0 Å². The molecule has 140 valence electrons. The molecule has 2 heterocycles. The number of halogens is 2. The highest BCUT2D eigenvalue weighted by atomic mass is 35.5. The smallest absolute Gasteiger partial charge is 0.264 e. The molecule has 0 unspecified atom stereocenters.